The van der Waals surface area contributed by atoms with E-state index < -0.39 is 15.6 Å². The van der Waals surface area contributed by atoms with Gasteiger partial charge in [0.2, 0.25) is 10.0 Å². The molecule has 0 bridgehead atoms. The van der Waals surface area contributed by atoms with E-state index in [1.807, 2.05) is 6.92 Å². The van der Waals surface area contributed by atoms with E-state index in [1.54, 1.807) is 13.0 Å². The molecule has 0 saturated heterocycles. The number of hydrogen-bond donors (Lipinski definition) is 2. The topological polar surface area (TPSA) is 125 Å². The van der Waals surface area contributed by atoms with E-state index in [2.05, 4.69) is 10.1 Å². The summed E-state index contributed by atoms with van der Waals surface area (Å²) in [5.74, 6) is 0.727. The Morgan fingerprint density at radius 2 is 1.87 bits per heavy atom. The summed E-state index contributed by atoms with van der Waals surface area (Å²) < 4.78 is 28.8. The van der Waals surface area contributed by atoms with Crippen LogP contribution in [-0.4, -0.2) is 18.6 Å². The van der Waals surface area contributed by atoms with E-state index in [1.165, 1.54) is 6.07 Å². The predicted octanol–water partition coefficient (Wildman–Crippen LogP) is 1.73. The summed E-state index contributed by atoms with van der Waals surface area (Å²) in [6, 6.07) is 3.27. The fourth-order valence-electron chi connectivity index (χ4n) is 3.02. The first-order valence-corrected chi connectivity index (χ1v) is 9.03. The molecular weight excluding hydrogens is 316 g/mol. The number of aryl methyl sites for hydroxylation is 1. The van der Waals surface area contributed by atoms with Gasteiger partial charge < -0.3 is 10.3 Å². The van der Waals surface area contributed by atoms with E-state index in [9.17, 15) is 8.42 Å². The van der Waals surface area contributed by atoms with E-state index in [0.717, 1.165) is 31.2 Å². The highest BCUT2D eigenvalue weighted by atomic mass is 32.2. The lowest BCUT2D eigenvalue weighted by atomic mass is 9.98. The first-order valence-electron chi connectivity index (χ1n) is 7.48. The molecule has 7 nitrogen and oxygen atoms in total. The monoisotopic (exact) mass is 336 g/mol. The zero-order valence-electron chi connectivity index (χ0n) is 13.2. The van der Waals surface area contributed by atoms with Crippen LogP contribution in [0.1, 0.15) is 42.6 Å². The van der Waals surface area contributed by atoms with Gasteiger partial charge in [0.25, 0.3) is 5.89 Å². The molecule has 1 saturated carbocycles. The summed E-state index contributed by atoms with van der Waals surface area (Å²) in [4.78, 5) is 4.46. The number of aromatic nitrogens is 2. The Kier molecular flexibility index (Phi) is 3.78. The summed E-state index contributed by atoms with van der Waals surface area (Å²) in [7, 11) is -3.82. The Bertz CT molecular complexity index is 852. The fourth-order valence-corrected chi connectivity index (χ4v) is 3.90. The highest BCUT2D eigenvalue weighted by Gasteiger charge is 2.36. The molecule has 1 aliphatic rings. The number of hydrogen-bond acceptors (Lipinski definition) is 6. The highest BCUT2D eigenvalue weighted by Crippen LogP contribution is 2.36. The lowest BCUT2D eigenvalue weighted by Gasteiger charge is -2.17. The maximum atomic E-state index is 11.7. The molecule has 1 aliphatic carbocycles. The van der Waals surface area contributed by atoms with E-state index >= 15 is 0 Å². The Morgan fingerprint density at radius 3 is 2.48 bits per heavy atom. The van der Waals surface area contributed by atoms with Crippen LogP contribution in [0.4, 0.5) is 0 Å². The normalized spacial score (nSPS) is 17.6. The molecule has 1 fully saturated rings. The molecule has 4 N–H and O–H groups in total. The van der Waals surface area contributed by atoms with Crippen molar-refractivity contribution < 1.29 is 12.9 Å². The van der Waals surface area contributed by atoms with Gasteiger partial charge in [-0.05, 0) is 49.9 Å². The van der Waals surface area contributed by atoms with Crippen LogP contribution in [0.3, 0.4) is 0 Å². The molecule has 0 atom stereocenters. The Balaban J connectivity index is 2.06. The maximum Gasteiger partial charge on any atom is 0.258 e. The predicted molar refractivity (Wildman–Crippen MR) is 84.9 cm³/mol. The molecule has 124 valence electrons. The van der Waals surface area contributed by atoms with Crippen LogP contribution >= 0.6 is 0 Å². The second-order valence-corrected chi connectivity index (χ2v) is 7.78. The van der Waals surface area contributed by atoms with E-state index in [-0.39, 0.29) is 10.8 Å². The van der Waals surface area contributed by atoms with Crippen LogP contribution in [0, 0.1) is 13.8 Å². The number of primary sulfonamides is 1. The summed E-state index contributed by atoms with van der Waals surface area (Å²) in [6.07, 6.45) is 3.72. The van der Waals surface area contributed by atoms with Crippen LogP contribution in [-0.2, 0) is 15.6 Å². The lowest BCUT2D eigenvalue weighted by Crippen LogP contribution is -2.34. The van der Waals surface area contributed by atoms with Gasteiger partial charge >= 0.3 is 0 Å². The minimum absolute atomic E-state index is 0.0654. The smallest absolute Gasteiger partial charge is 0.258 e. The molecule has 0 spiro atoms. The van der Waals surface area contributed by atoms with Crippen molar-refractivity contribution in [2.75, 3.05) is 0 Å². The number of sulfonamides is 1. The third-order valence-corrected chi connectivity index (χ3v) is 5.58. The van der Waals surface area contributed by atoms with E-state index in [0.29, 0.717) is 17.0 Å². The van der Waals surface area contributed by atoms with Crippen molar-refractivity contribution in [3.63, 3.8) is 0 Å². The first kappa shape index (κ1) is 16.1. The molecular formula is C15H20N4O3S. The molecule has 0 unspecified atom stereocenters. The number of rotatable bonds is 3. The quantitative estimate of drug-likeness (QED) is 0.879. The third-order valence-electron chi connectivity index (χ3n) is 4.54. The standard InChI is InChI=1S/C15H20N4O3S/c1-9-7-11(8-12(10(9)2)23(17,20)21)13-18-14(19-22-13)15(16)5-3-4-6-15/h7-8H,3-6,16H2,1-2H3,(H2,17,20,21). The van der Waals surface area contributed by atoms with Crippen molar-refractivity contribution in [3.05, 3.63) is 29.1 Å². The van der Waals surface area contributed by atoms with Crippen LogP contribution < -0.4 is 10.9 Å². The molecule has 1 aromatic carbocycles. The van der Waals surface area contributed by atoms with Crippen LogP contribution in [0.15, 0.2) is 21.6 Å². The van der Waals surface area contributed by atoms with Crippen molar-refractivity contribution in [3.8, 4) is 11.5 Å². The van der Waals surface area contributed by atoms with Crippen molar-refractivity contribution >= 4 is 10.0 Å². The highest BCUT2D eigenvalue weighted by molar-refractivity contribution is 7.89. The molecule has 3 rings (SSSR count). The summed E-state index contributed by atoms with van der Waals surface area (Å²) in [5.41, 5.74) is 7.70. The third kappa shape index (κ3) is 2.89. The summed E-state index contributed by atoms with van der Waals surface area (Å²) >= 11 is 0. The van der Waals surface area contributed by atoms with Gasteiger partial charge in [0.15, 0.2) is 5.82 Å². The number of nitrogens with two attached hydrogens (primary N) is 2. The van der Waals surface area contributed by atoms with Crippen molar-refractivity contribution in [1.82, 2.24) is 10.1 Å². The van der Waals surface area contributed by atoms with Crippen molar-refractivity contribution in [2.45, 2.75) is 50.0 Å². The van der Waals surface area contributed by atoms with E-state index in [4.69, 9.17) is 15.4 Å². The summed E-state index contributed by atoms with van der Waals surface area (Å²) in [5, 5.41) is 9.28. The Hall–Kier alpha value is -1.77. The second kappa shape index (κ2) is 5.40. The molecule has 1 heterocycles. The molecule has 8 heteroatoms. The summed E-state index contributed by atoms with van der Waals surface area (Å²) in [6.45, 7) is 3.53. The largest absolute Gasteiger partial charge is 0.334 e. The van der Waals surface area contributed by atoms with Gasteiger partial charge in [-0.15, -0.1) is 0 Å². The zero-order chi connectivity index (χ0) is 16.8. The van der Waals surface area contributed by atoms with Crippen LogP contribution in [0.5, 0.6) is 0 Å². The number of nitrogens with zero attached hydrogens (tertiary/aromatic N) is 2. The van der Waals surface area contributed by atoms with Gasteiger partial charge in [-0.25, -0.2) is 13.6 Å². The molecule has 0 aliphatic heterocycles. The second-order valence-electron chi connectivity index (χ2n) is 6.25. The van der Waals surface area contributed by atoms with Crippen LogP contribution in [0.2, 0.25) is 0 Å². The maximum absolute atomic E-state index is 11.7. The lowest BCUT2D eigenvalue weighted by molar-refractivity contribution is 0.372. The molecule has 1 aromatic heterocycles. The minimum Gasteiger partial charge on any atom is -0.334 e. The van der Waals surface area contributed by atoms with Crippen molar-refractivity contribution in [2.24, 2.45) is 10.9 Å². The molecule has 23 heavy (non-hydrogen) atoms. The average molecular weight is 336 g/mol. The number of benzene rings is 1. The average Bonchev–Trinajstić information content (AvgIpc) is 3.10. The van der Waals surface area contributed by atoms with Gasteiger partial charge in [-0.3, -0.25) is 0 Å². The van der Waals surface area contributed by atoms with Gasteiger partial charge in [0.05, 0.1) is 10.4 Å². The zero-order valence-corrected chi connectivity index (χ0v) is 14.0. The minimum atomic E-state index is -3.82. The molecule has 0 radical (unpaired) electrons. The van der Waals surface area contributed by atoms with Gasteiger partial charge in [0, 0.05) is 5.56 Å². The van der Waals surface area contributed by atoms with Gasteiger partial charge in [-0.1, -0.05) is 18.0 Å². The first-order chi connectivity index (χ1) is 10.7. The SMILES string of the molecule is Cc1cc(-c2nc(C3(N)CCCC3)no2)cc(S(N)(=O)=O)c1C. The Morgan fingerprint density at radius 1 is 1.22 bits per heavy atom. The Labute approximate surface area is 135 Å². The van der Waals surface area contributed by atoms with Crippen LogP contribution in [0.25, 0.3) is 11.5 Å². The molecule has 2 aromatic rings. The van der Waals surface area contributed by atoms with Crippen molar-refractivity contribution in [1.29, 1.82) is 0 Å². The van der Waals surface area contributed by atoms with Gasteiger partial charge in [0.1, 0.15) is 0 Å². The van der Waals surface area contributed by atoms with Gasteiger partial charge in [-0.2, -0.15) is 4.98 Å². The fraction of sp³-hybridized carbons (Fsp3) is 0.467. The molecule has 0 amide bonds.